The van der Waals surface area contributed by atoms with E-state index < -0.39 is 5.60 Å². The number of amides is 1. The van der Waals surface area contributed by atoms with E-state index in [1.807, 2.05) is 74.8 Å². The Kier molecular flexibility index (Phi) is 5.00. The Balaban J connectivity index is 1.58. The van der Waals surface area contributed by atoms with Crippen LogP contribution in [0.2, 0.25) is 0 Å². The van der Waals surface area contributed by atoms with E-state index in [4.69, 9.17) is 14.5 Å². The second kappa shape index (κ2) is 7.48. The molecule has 0 bridgehead atoms. The lowest BCUT2D eigenvalue weighted by molar-refractivity contribution is -0.0446. The number of pyridine rings is 2. The largest absolute Gasteiger partial charge is 0.444 e. The van der Waals surface area contributed by atoms with Gasteiger partial charge in [-0.1, -0.05) is 12.1 Å². The van der Waals surface area contributed by atoms with E-state index in [0.717, 1.165) is 28.3 Å². The summed E-state index contributed by atoms with van der Waals surface area (Å²) in [6.07, 6.45) is 3.26. The second-order valence-electron chi connectivity index (χ2n) is 8.31. The Morgan fingerprint density at radius 1 is 1.24 bits per heavy atom. The van der Waals surface area contributed by atoms with Crippen LogP contribution in [0.3, 0.4) is 0 Å². The average molecular weight is 394 g/mol. The monoisotopic (exact) mass is 394 g/mol. The van der Waals surface area contributed by atoms with Crippen molar-refractivity contribution in [2.75, 3.05) is 19.7 Å². The van der Waals surface area contributed by atoms with Gasteiger partial charge in [-0.15, -0.1) is 0 Å². The highest BCUT2D eigenvalue weighted by Crippen LogP contribution is 2.26. The third kappa shape index (κ3) is 4.24. The zero-order valence-corrected chi connectivity index (χ0v) is 17.3. The predicted octanol–water partition coefficient (Wildman–Crippen LogP) is 4.01. The molecule has 1 saturated heterocycles. The molecule has 29 heavy (non-hydrogen) atoms. The van der Waals surface area contributed by atoms with Crippen molar-refractivity contribution in [3.05, 3.63) is 54.0 Å². The van der Waals surface area contributed by atoms with Gasteiger partial charge in [0.2, 0.25) is 0 Å². The SMILES string of the molecule is Cc1ccc2ncc(-c3cccc(C4CN(C(=O)OC(C)(C)C)CCO4)n3)n2c1. The summed E-state index contributed by atoms with van der Waals surface area (Å²) in [7, 11) is 0. The Morgan fingerprint density at radius 2 is 2.07 bits per heavy atom. The van der Waals surface area contributed by atoms with E-state index in [-0.39, 0.29) is 12.2 Å². The molecule has 0 aliphatic carbocycles. The summed E-state index contributed by atoms with van der Waals surface area (Å²) < 4.78 is 13.5. The number of carbonyl (C=O) groups is 1. The number of aromatic nitrogens is 3. The van der Waals surface area contributed by atoms with Gasteiger partial charge in [-0.3, -0.25) is 4.40 Å². The van der Waals surface area contributed by atoms with Gasteiger partial charge in [-0.2, -0.15) is 0 Å². The van der Waals surface area contributed by atoms with Crippen molar-refractivity contribution in [3.63, 3.8) is 0 Å². The van der Waals surface area contributed by atoms with E-state index in [0.29, 0.717) is 19.7 Å². The van der Waals surface area contributed by atoms with Crippen LogP contribution in [0, 0.1) is 6.92 Å². The number of hydrogen-bond acceptors (Lipinski definition) is 5. The molecular weight excluding hydrogens is 368 g/mol. The molecule has 7 heteroatoms. The molecule has 152 valence electrons. The fourth-order valence-corrected chi connectivity index (χ4v) is 3.37. The number of fused-ring (bicyclic) bond motifs is 1. The first-order chi connectivity index (χ1) is 13.8. The summed E-state index contributed by atoms with van der Waals surface area (Å²) in [5, 5.41) is 0. The summed E-state index contributed by atoms with van der Waals surface area (Å²) in [5.74, 6) is 0. The zero-order chi connectivity index (χ0) is 20.6. The van der Waals surface area contributed by atoms with Crippen LogP contribution in [0.4, 0.5) is 4.79 Å². The summed E-state index contributed by atoms with van der Waals surface area (Å²) in [6, 6.07) is 9.89. The molecule has 0 spiro atoms. The smallest absolute Gasteiger partial charge is 0.410 e. The molecule has 0 N–H and O–H groups in total. The number of aryl methyl sites for hydroxylation is 1. The first-order valence-electron chi connectivity index (χ1n) is 9.81. The fraction of sp³-hybridized carbons (Fsp3) is 0.409. The average Bonchev–Trinajstić information content (AvgIpc) is 3.10. The Morgan fingerprint density at radius 3 is 2.86 bits per heavy atom. The van der Waals surface area contributed by atoms with Crippen molar-refractivity contribution in [3.8, 4) is 11.4 Å². The van der Waals surface area contributed by atoms with E-state index >= 15 is 0 Å². The molecule has 3 aromatic heterocycles. The van der Waals surface area contributed by atoms with Crippen LogP contribution in [-0.4, -0.2) is 50.7 Å². The molecule has 1 amide bonds. The minimum atomic E-state index is -0.524. The maximum absolute atomic E-state index is 12.4. The molecule has 7 nitrogen and oxygen atoms in total. The molecule has 1 aliphatic rings. The van der Waals surface area contributed by atoms with Crippen LogP contribution < -0.4 is 0 Å². The molecular formula is C22H26N4O3. The normalized spacial score (nSPS) is 17.5. The molecule has 1 atom stereocenters. The minimum Gasteiger partial charge on any atom is -0.444 e. The van der Waals surface area contributed by atoms with Gasteiger partial charge >= 0.3 is 6.09 Å². The highest BCUT2D eigenvalue weighted by atomic mass is 16.6. The number of carbonyl (C=O) groups excluding carboxylic acids is 1. The quantitative estimate of drug-likeness (QED) is 0.657. The Bertz CT molecular complexity index is 1040. The molecule has 1 unspecified atom stereocenters. The number of morpholine rings is 1. The molecule has 4 heterocycles. The van der Waals surface area contributed by atoms with Crippen molar-refractivity contribution >= 4 is 11.7 Å². The third-order valence-electron chi connectivity index (χ3n) is 4.73. The molecule has 0 aromatic carbocycles. The van der Waals surface area contributed by atoms with Crippen LogP contribution >= 0.6 is 0 Å². The molecule has 1 fully saturated rings. The summed E-state index contributed by atoms with van der Waals surface area (Å²) >= 11 is 0. The van der Waals surface area contributed by atoms with Crippen LogP contribution in [0.25, 0.3) is 17.0 Å². The Hall–Kier alpha value is -2.93. The molecule has 0 saturated carbocycles. The lowest BCUT2D eigenvalue weighted by atomic mass is 10.1. The first-order valence-corrected chi connectivity index (χ1v) is 9.81. The van der Waals surface area contributed by atoms with Gasteiger partial charge in [0.25, 0.3) is 0 Å². The lowest BCUT2D eigenvalue weighted by Gasteiger charge is -2.34. The molecule has 4 rings (SSSR count). The third-order valence-corrected chi connectivity index (χ3v) is 4.73. The maximum Gasteiger partial charge on any atom is 0.410 e. The zero-order valence-electron chi connectivity index (χ0n) is 17.3. The van der Waals surface area contributed by atoms with Crippen molar-refractivity contribution in [1.29, 1.82) is 0 Å². The first kappa shape index (κ1) is 19.4. The molecule has 0 radical (unpaired) electrons. The number of nitrogens with zero attached hydrogens (tertiary/aromatic N) is 4. The highest BCUT2D eigenvalue weighted by Gasteiger charge is 2.29. The van der Waals surface area contributed by atoms with Crippen LogP contribution in [0.15, 0.2) is 42.7 Å². The van der Waals surface area contributed by atoms with E-state index in [1.165, 1.54) is 0 Å². The van der Waals surface area contributed by atoms with Gasteiger partial charge in [-0.25, -0.2) is 14.8 Å². The summed E-state index contributed by atoms with van der Waals surface area (Å²) in [5.41, 5.74) is 4.03. The number of hydrogen-bond donors (Lipinski definition) is 0. The van der Waals surface area contributed by atoms with Crippen LogP contribution in [0.5, 0.6) is 0 Å². The highest BCUT2D eigenvalue weighted by molar-refractivity contribution is 5.68. The van der Waals surface area contributed by atoms with E-state index in [9.17, 15) is 4.79 Å². The minimum absolute atomic E-state index is 0.294. The van der Waals surface area contributed by atoms with Gasteiger partial charge < -0.3 is 14.4 Å². The van der Waals surface area contributed by atoms with Crippen LogP contribution in [0.1, 0.15) is 38.1 Å². The summed E-state index contributed by atoms with van der Waals surface area (Å²) in [4.78, 5) is 23.4. The Labute approximate surface area is 170 Å². The van der Waals surface area contributed by atoms with Gasteiger partial charge in [0.1, 0.15) is 17.4 Å². The number of ether oxygens (including phenoxy) is 2. The fourth-order valence-electron chi connectivity index (χ4n) is 3.37. The van der Waals surface area contributed by atoms with E-state index in [1.54, 1.807) is 4.90 Å². The van der Waals surface area contributed by atoms with Crippen molar-refractivity contribution in [2.24, 2.45) is 0 Å². The number of rotatable bonds is 2. The molecule has 1 aliphatic heterocycles. The van der Waals surface area contributed by atoms with Gasteiger partial charge in [0.15, 0.2) is 0 Å². The van der Waals surface area contributed by atoms with Gasteiger partial charge in [-0.05, 0) is 51.5 Å². The van der Waals surface area contributed by atoms with Crippen molar-refractivity contribution in [2.45, 2.75) is 39.4 Å². The molecule has 3 aromatic rings. The van der Waals surface area contributed by atoms with Gasteiger partial charge in [0.05, 0.1) is 36.4 Å². The van der Waals surface area contributed by atoms with Gasteiger partial charge in [0, 0.05) is 12.7 Å². The summed E-state index contributed by atoms with van der Waals surface area (Å²) in [6.45, 7) is 9.02. The standard InChI is InChI=1S/C22H26N4O3/c1-15-8-9-20-23-12-18(26(20)13-15)16-6-5-7-17(24-16)19-14-25(10-11-28-19)21(27)29-22(2,3)4/h5-9,12-13,19H,10-11,14H2,1-4H3. The number of imidazole rings is 1. The van der Waals surface area contributed by atoms with E-state index in [2.05, 4.69) is 4.98 Å². The second-order valence-corrected chi connectivity index (χ2v) is 8.31. The maximum atomic E-state index is 12.4. The topological polar surface area (TPSA) is 69.0 Å². The lowest BCUT2D eigenvalue weighted by Crippen LogP contribution is -2.44. The van der Waals surface area contributed by atoms with Crippen molar-refractivity contribution in [1.82, 2.24) is 19.3 Å². The van der Waals surface area contributed by atoms with Crippen LogP contribution in [-0.2, 0) is 9.47 Å². The predicted molar refractivity (Wildman–Crippen MR) is 110 cm³/mol. The van der Waals surface area contributed by atoms with Crippen molar-refractivity contribution < 1.29 is 14.3 Å².